The predicted octanol–water partition coefficient (Wildman–Crippen LogP) is -0.231. The molecule has 0 radical (unpaired) electrons. The van der Waals surface area contributed by atoms with E-state index in [9.17, 15) is 4.79 Å². The molecule has 0 saturated carbocycles. The molecule has 1 unspecified atom stereocenters. The Morgan fingerprint density at radius 3 is 2.38 bits per heavy atom. The summed E-state index contributed by atoms with van der Waals surface area (Å²) in [6.45, 7) is 4.34. The molecule has 0 rings (SSSR count). The quantitative estimate of drug-likeness (QED) is 0.409. The van der Waals surface area contributed by atoms with Gasteiger partial charge in [0.05, 0.1) is 6.17 Å². The first kappa shape index (κ1) is 7.43. The summed E-state index contributed by atoms with van der Waals surface area (Å²) in [6, 6.07) is 0. The summed E-state index contributed by atoms with van der Waals surface area (Å²) in [5, 5.41) is 0. The van der Waals surface area contributed by atoms with E-state index in [0.29, 0.717) is 6.54 Å². The number of hydrogen-bond acceptors (Lipinski definition) is 2. The van der Waals surface area contributed by atoms with Gasteiger partial charge in [-0.25, -0.2) is 0 Å². The number of hydrogen-bond donors (Lipinski definition) is 1. The van der Waals surface area contributed by atoms with Gasteiger partial charge in [0.15, 0.2) is 0 Å². The van der Waals surface area contributed by atoms with Gasteiger partial charge in [-0.2, -0.15) is 0 Å². The second-order valence-corrected chi connectivity index (χ2v) is 1.68. The van der Waals surface area contributed by atoms with Gasteiger partial charge in [0.2, 0.25) is 6.41 Å². The molecule has 0 bridgehead atoms. The molecule has 0 aliphatic heterocycles. The third-order valence-electron chi connectivity index (χ3n) is 1.02. The molecule has 8 heavy (non-hydrogen) atoms. The van der Waals surface area contributed by atoms with E-state index in [-0.39, 0.29) is 6.17 Å². The van der Waals surface area contributed by atoms with Crippen LogP contribution >= 0.6 is 0 Å². The maximum absolute atomic E-state index is 10.0. The molecule has 0 aromatic heterocycles. The lowest BCUT2D eigenvalue weighted by Crippen LogP contribution is -2.38. The van der Waals surface area contributed by atoms with Crippen molar-refractivity contribution in [1.29, 1.82) is 0 Å². The Morgan fingerprint density at radius 1 is 1.88 bits per heavy atom. The van der Waals surface area contributed by atoms with E-state index in [4.69, 9.17) is 5.73 Å². The summed E-state index contributed by atoms with van der Waals surface area (Å²) in [5.41, 5.74) is 5.35. The van der Waals surface area contributed by atoms with Crippen molar-refractivity contribution in [2.45, 2.75) is 20.0 Å². The first-order valence-corrected chi connectivity index (χ1v) is 2.69. The monoisotopic (exact) mass is 116 g/mol. The summed E-state index contributed by atoms with van der Waals surface area (Å²) in [6.07, 6.45) is 0.600. The molecule has 0 aliphatic carbocycles. The van der Waals surface area contributed by atoms with Crippen LogP contribution in [-0.4, -0.2) is 24.0 Å². The van der Waals surface area contributed by atoms with Gasteiger partial charge in [-0.3, -0.25) is 4.79 Å². The average Bonchev–Trinajstić information content (AvgIpc) is 1.69. The standard InChI is InChI=1S/C5H12N2O/c1-3-7(4-8)5(2)6/h4-5H,3,6H2,1-2H3. The maximum Gasteiger partial charge on any atom is 0.210 e. The molecule has 0 aromatic rings. The fraction of sp³-hybridized carbons (Fsp3) is 0.800. The van der Waals surface area contributed by atoms with E-state index < -0.39 is 0 Å². The maximum atomic E-state index is 10.0. The Hall–Kier alpha value is -0.570. The summed E-state index contributed by atoms with van der Waals surface area (Å²) in [7, 11) is 0. The predicted molar refractivity (Wildman–Crippen MR) is 32.1 cm³/mol. The summed E-state index contributed by atoms with van der Waals surface area (Å²) in [5.74, 6) is 0. The number of amides is 1. The molecule has 2 N–H and O–H groups in total. The van der Waals surface area contributed by atoms with E-state index in [0.717, 1.165) is 6.41 Å². The fourth-order valence-corrected chi connectivity index (χ4v) is 0.459. The normalized spacial score (nSPS) is 12.9. The number of carbonyl (C=O) groups excluding carboxylic acids is 1. The first-order chi connectivity index (χ1) is 3.72. The number of carbonyl (C=O) groups is 1. The number of nitrogens with zero attached hydrogens (tertiary/aromatic N) is 1. The van der Waals surface area contributed by atoms with E-state index >= 15 is 0 Å². The highest BCUT2D eigenvalue weighted by molar-refractivity contribution is 5.47. The third kappa shape index (κ3) is 1.93. The molecular formula is C5H12N2O. The molecule has 3 heteroatoms. The zero-order chi connectivity index (χ0) is 6.57. The molecule has 0 spiro atoms. The first-order valence-electron chi connectivity index (χ1n) is 2.69. The van der Waals surface area contributed by atoms with E-state index in [1.165, 1.54) is 4.90 Å². The molecule has 48 valence electrons. The van der Waals surface area contributed by atoms with Crippen molar-refractivity contribution >= 4 is 6.41 Å². The van der Waals surface area contributed by atoms with Crippen molar-refractivity contribution in [3.8, 4) is 0 Å². The fourth-order valence-electron chi connectivity index (χ4n) is 0.459. The third-order valence-corrected chi connectivity index (χ3v) is 1.02. The lowest BCUT2D eigenvalue weighted by atomic mass is 10.5. The molecule has 3 nitrogen and oxygen atoms in total. The minimum Gasteiger partial charge on any atom is -0.331 e. The van der Waals surface area contributed by atoms with Gasteiger partial charge in [0, 0.05) is 6.54 Å². The molecular weight excluding hydrogens is 104 g/mol. The second-order valence-electron chi connectivity index (χ2n) is 1.68. The molecule has 0 aliphatic rings. The Bertz CT molecular complexity index is 72.8. The van der Waals surface area contributed by atoms with Crippen molar-refractivity contribution in [3.05, 3.63) is 0 Å². The lowest BCUT2D eigenvalue weighted by Gasteiger charge is -2.18. The average molecular weight is 116 g/mol. The van der Waals surface area contributed by atoms with Crippen molar-refractivity contribution in [3.63, 3.8) is 0 Å². The van der Waals surface area contributed by atoms with Crippen molar-refractivity contribution in [2.24, 2.45) is 5.73 Å². The Labute approximate surface area is 49.5 Å². The highest BCUT2D eigenvalue weighted by Gasteiger charge is 2.00. The van der Waals surface area contributed by atoms with Crippen molar-refractivity contribution in [2.75, 3.05) is 6.54 Å². The molecule has 0 aromatic carbocycles. The SMILES string of the molecule is CCN(C=O)C(C)N. The van der Waals surface area contributed by atoms with Crippen LogP contribution in [0.25, 0.3) is 0 Å². The van der Waals surface area contributed by atoms with Gasteiger partial charge in [-0.15, -0.1) is 0 Å². The number of nitrogens with two attached hydrogens (primary N) is 1. The summed E-state index contributed by atoms with van der Waals surface area (Å²) in [4.78, 5) is 11.5. The molecule has 1 amide bonds. The Morgan fingerprint density at radius 2 is 2.38 bits per heavy atom. The Kier molecular flexibility index (Phi) is 3.19. The van der Waals surface area contributed by atoms with Crippen LogP contribution in [0.4, 0.5) is 0 Å². The van der Waals surface area contributed by atoms with Crippen LogP contribution in [0.3, 0.4) is 0 Å². The van der Waals surface area contributed by atoms with Gasteiger partial charge in [0.1, 0.15) is 0 Å². The zero-order valence-electron chi connectivity index (χ0n) is 5.29. The van der Waals surface area contributed by atoms with E-state index in [1.54, 1.807) is 6.92 Å². The van der Waals surface area contributed by atoms with Crippen LogP contribution in [0, 0.1) is 0 Å². The van der Waals surface area contributed by atoms with Crippen LogP contribution in [0.2, 0.25) is 0 Å². The summed E-state index contributed by atoms with van der Waals surface area (Å²) >= 11 is 0. The van der Waals surface area contributed by atoms with Crippen LogP contribution in [0.1, 0.15) is 13.8 Å². The lowest BCUT2D eigenvalue weighted by molar-refractivity contribution is -0.119. The highest BCUT2D eigenvalue weighted by atomic mass is 16.1. The summed E-state index contributed by atoms with van der Waals surface area (Å²) < 4.78 is 0. The highest BCUT2D eigenvalue weighted by Crippen LogP contribution is 1.83. The van der Waals surface area contributed by atoms with Gasteiger partial charge in [-0.1, -0.05) is 0 Å². The van der Waals surface area contributed by atoms with Gasteiger partial charge >= 0.3 is 0 Å². The minimum absolute atomic E-state index is 0.155. The smallest absolute Gasteiger partial charge is 0.210 e. The van der Waals surface area contributed by atoms with Gasteiger partial charge < -0.3 is 10.6 Å². The van der Waals surface area contributed by atoms with Crippen molar-refractivity contribution < 1.29 is 4.79 Å². The van der Waals surface area contributed by atoms with Gasteiger partial charge in [0.25, 0.3) is 0 Å². The molecule has 0 heterocycles. The van der Waals surface area contributed by atoms with Gasteiger partial charge in [-0.05, 0) is 13.8 Å². The molecule has 0 fully saturated rings. The van der Waals surface area contributed by atoms with E-state index in [1.807, 2.05) is 6.92 Å². The molecule has 1 atom stereocenters. The van der Waals surface area contributed by atoms with Crippen LogP contribution in [-0.2, 0) is 4.79 Å². The minimum atomic E-state index is -0.155. The van der Waals surface area contributed by atoms with E-state index in [2.05, 4.69) is 0 Å². The zero-order valence-corrected chi connectivity index (χ0v) is 5.29. The Balaban J connectivity index is 3.51. The second kappa shape index (κ2) is 3.43. The van der Waals surface area contributed by atoms with Crippen LogP contribution in [0.15, 0.2) is 0 Å². The molecule has 0 saturated heterocycles. The topological polar surface area (TPSA) is 46.3 Å². The number of rotatable bonds is 3. The van der Waals surface area contributed by atoms with Crippen molar-refractivity contribution in [1.82, 2.24) is 4.90 Å². The van der Waals surface area contributed by atoms with Crippen LogP contribution in [0.5, 0.6) is 0 Å². The van der Waals surface area contributed by atoms with Crippen LogP contribution < -0.4 is 5.73 Å². The largest absolute Gasteiger partial charge is 0.331 e.